The lowest BCUT2D eigenvalue weighted by Gasteiger charge is -2.33. The first-order chi connectivity index (χ1) is 14.2. The molecule has 1 amide bonds. The molecule has 0 bridgehead atoms. The third kappa shape index (κ3) is 4.84. The Hall–Kier alpha value is -2.40. The third-order valence-electron chi connectivity index (χ3n) is 4.52. The highest BCUT2D eigenvalue weighted by Crippen LogP contribution is 2.28. The number of carbonyl (C=O) groups is 1. The van der Waals surface area contributed by atoms with Crippen LogP contribution in [-0.4, -0.2) is 61.2 Å². The van der Waals surface area contributed by atoms with Crippen LogP contribution in [0, 0.1) is 10.1 Å². The first-order valence-corrected chi connectivity index (χ1v) is 11.0. The van der Waals surface area contributed by atoms with Gasteiger partial charge in [-0.05, 0) is 18.2 Å². The highest BCUT2D eigenvalue weighted by molar-refractivity contribution is 7.89. The maximum atomic E-state index is 12.8. The summed E-state index contributed by atoms with van der Waals surface area (Å²) in [5.74, 6) is -0.0658. The van der Waals surface area contributed by atoms with E-state index in [9.17, 15) is 23.3 Å². The molecule has 160 valence electrons. The summed E-state index contributed by atoms with van der Waals surface area (Å²) in [6, 6.07) is 9.82. The summed E-state index contributed by atoms with van der Waals surface area (Å²) < 4.78 is 32.2. The number of nitro groups is 1. The predicted molar refractivity (Wildman–Crippen MR) is 110 cm³/mol. The summed E-state index contributed by atoms with van der Waals surface area (Å²) in [7, 11) is -4.06. The number of ether oxygens (including phenoxy) is 1. The lowest BCUT2D eigenvalue weighted by atomic mass is 10.3. The van der Waals surface area contributed by atoms with Gasteiger partial charge in [0.05, 0.1) is 9.95 Å². The minimum absolute atomic E-state index is 0.0119. The van der Waals surface area contributed by atoms with Crippen LogP contribution in [0.3, 0.4) is 0 Å². The maximum Gasteiger partial charge on any atom is 0.289 e. The van der Waals surface area contributed by atoms with Crippen molar-refractivity contribution in [2.45, 2.75) is 4.90 Å². The maximum absolute atomic E-state index is 12.8. The van der Waals surface area contributed by atoms with Crippen LogP contribution in [0.2, 0.25) is 10.0 Å². The Balaban J connectivity index is 1.62. The average Bonchev–Trinajstić information content (AvgIpc) is 2.74. The average molecular weight is 474 g/mol. The molecule has 30 heavy (non-hydrogen) atoms. The smallest absolute Gasteiger partial charge is 0.289 e. The molecular weight excluding hydrogens is 457 g/mol. The molecule has 1 aliphatic heterocycles. The summed E-state index contributed by atoms with van der Waals surface area (Å²) >= 11 is 11.9. The number of sulfonamides is 1. The number of para-hydroxylation sites is 1. The minimum Gasteiger partial charge on any atom is -0.482 e. The largest absolute Gasteiger partial charge is 0.482 e. The molecule has 0 atom stereocenters. The topological polar surface area (TPSA) is 110 Å². The fourth-order valence-corrected chi connectivity index (χ4v) is 4.88. The Bertz CT molecular complexity index is 1070. The van der Waals surface area contributed by atoms with Crippen molar-refractivity contribution in [1.29, 1.82) is 0 Å². The molecule has 1 fully saturated rings. The number of hydrogen-bond donors (Lipinski definition) is 0. The lowest BCUT2D eigenvalue weighted by molar-refractivity contribution is -0.387. The molecule has 1 aliphatic rings. The number of carbonyl (C=O) groups excluding carboxylic acids is 1. The van der Waals surface area contributed by atoms with E-state index in [1.165, 1.54) is 29.2 Å². The fourth-order valence-electron chi connectivity index (χ4n) is 2.96. The van der Waals surface area contributed by atoms with Gasteiger partial charge in [0.25, 0.3) is 11.6 Å². The molecule has 2 aromatic rings. The Morgan fingerprint density at radius 3 is 2.43 bits per heavy atom. The zero-order chi connectivity index (χ0) is 21.9. The van der Waals surface area contributed by atoms with Crippen LogP contribution >= 0.6 is 23.2 Å². The number of hydrogen-bond acceptors (Lipinski definition) is 6. The Morgan fingerprint density at radius 2 is 1.77 bits per heavy atom. The van der Waals surface area contributed by atoms with E-state index in [4.69, 9.17) is 27.9 Å². The molecule has 0 unspecified atom stereocenters. The molecule has 1 heterocycles. The molecule has 2 aromatic carbocycles. The van der Waals surface area contributed by atoms with Crippen molar-refractivity contribution in [3.8, 4) is 5.75 Å². The van der Waals surface area contributed by atoms with Crippen LogP contribution in [0.15, 0.2) is 47.4 Å². The number of nitrogens with zero attached hydrogens (tertiary/aromatic N) is 3. The van der Waals surface area contributed by atoms with Gasteiger partial charge in [0, 0.05) is 43.3 Å². The second-order valence-corrected chi connectivity index (χ2v) is 9.12. The first-order valence-electron chi connectivity index (χ1n) is 8.79. The monoisotopic (exact) mass is 473 g/mol. The van der Waals surface area contributed by atoms with E-state index in [2.05, 4.69) is 0 Å². The van der Waals surface area contributed by atoms with E-state index in [-0.39, 0.29) is 49.3 Å². The predicted octanol–water partition coefficient (Wildman–Crippen LogP) is 2.81. The molecule has 0 aromatic heterocycles. The van der Waals surface area contributed by atoms with Crippen molar-refractivity contribution in [2.75, 3.05) is 32.8 Å². The number of halogens is 2. The van der Waals surface area contributed by atoms with Gasteiger partial charge in [-0.1, -0.05) is 35.3 Å². The summed E-state index contributed by atoms with van der Waals surface area (Å²) in [5, 5.41) is 11.9. The number of amides is 1. The van der Waals surface area contributed by atoms with Crippen molar-refractivity contribution in [3.05, 3.63) is 62.6 Å². The second kappa shape index (κ2) is 9.17. The summed E-state index contributed by atoms with van der Waals surface area (Å²) in [4.78, 5) is 23.9. The van der Waals surface area contributed by atoms with Crippen LogP contribution in [0.25, 0.3) is 0 Å². The third-order valence-corrected chi connectivity index (χ3v) is 7.01. The van der Waals surface area contributed by atoms with Gasteiger partial charge in [0.2, 0.25) is 10.0 Å². The number of nitro benzene ring substituents is 1. The minimum atomic E-state index is -4.06. The van der Waals surface area contributed by atoms with E-state index in [0.29, 0.717) is 10.0 Å². The summed E-state index contributed by atoms with van der Waals surface area (Å²) in [6.07, 6.45) is 0. The van der Waals surface area contributed by atoms with Gasteiger partial charge in [-0.25, -0.2) is 8.42 Å². The molecule has 9 nitrogen and oxygen atoms in total. The van der Waals surface area contributed by atoms with Gasteiger partial charge < -0.3 is 9.64 Å². The van der Waals surface area contributed by atoms with Gasteiger partial charge in [-0.3, -0.25) is 14.9 Å². The van der Waals surface area contributed by atoms with Crippen LogP contribution in [-0.2, 0) is 14.8 Å². The van der Waals surface area contributed by atoms with Crippen molar-refractivity contribution < 1.29 is 22.9 Å². The molecular formula is C18H17Cl2N3O6S. The summed E-state index contributed by atoms with van der Waals surface area (Å²) in [5.41, 5.74) is -0.484. The van der Waals surface area contributed by atoms with E-state index in [1.54, 1.807) is 12.1 Å². The number of rotatable bonds is 6. The van der Waals surface area contributed by atoms with Gasteiger partial charge in [-0.15, -0.1) is 0 Å². The summed E-state index contributed by atoms with van der Waals surface area (Å²) in [6.45, 7) is 0.00369. The lowest BCUT2D eigenvalue weighted by Crippen LogP contribution is -2.51. The van der Waals surface area contributed by atoms with Crippen molar-refractivity contribution in [3.63, 3.8) is 0 Å². The second-order valence-electron chi connectivity index (χ2n) is 6.37. The molecule has 0 spiro atoms. The van der Waals surface area contributed by atoms with Gasteiger partial charge in [-0.2, -0.15) is 4.31 Å². The Labute approximate surface area is 182 Å². The SMILES string of the molecule is O=C(COc1cc(Cl)ccc1Cl)N1CCN(S(=O)(=O)c2ccccc2[N+](=O)[O-])CC1. The number of piperazine rings is 1. The molecule has 3 rings (SSSR count). The van der Waals surface area contributed by atoms with Crippen molar-refractivity contribution in [1.82, 2.24) is 9.21 Å². The van der Waals surface area contributed by atoms with Crippen LogP contribution in [0.1, 0.15) is 0 Å². The van der Waals surface area contributed by atoms with E-state index < -0.39 is 20.6 Å². The van der Waals surface area contributed by atoms with Gasteiger partial charge in [0.15, 0.2) is 11.5 Å². The molecule has 1 saturated heterocycles. The fraction of sp³-hybridized carbons (Fsp3) is 0.278. The quantitative estimate of drug-likeness (QED) is 0.471. The Morgan fingerprint density at radius 1 is 1.10 bits per heavy atom. The van der Waals surface area contributed by atoms with Gasteiger partial charge in [0.1, 0.15) is 5.75 Å². The molecule has 12 heteroatoms. The molecule has 0 N–H and O–H groups in total. The van der Waals surface area contributed by atoms with E-state index in [1.807, 2.05) is 0 Å². The zero-order valence-electron chi connectivity index (χ0n) is 15.5. The standard InChI is InChI=1S/C18H17Cl2N3O6S/c19-13-5-6-14(20)16(11-13)29-12-18(24)21-7-9-22(10-8-21)30(27,28)17-4-2-1-3-15(17)23(25)26/h1-6,11H,7-10,12H2. The van der Waals surface area contributed by atoms with Crippen LogP contribution < -0.4 is 4.74 Å². The van der Waals surface area contributed by atoms with Gasteiger partial charge >= 0.3 is 0 Å². The number of benzene rings is 2. The molecule has 0 saturated carbocycles. The first kappa shape index (κ1) is 22.3. The molecule has 0 aliphatic carbocycles. The van der Waals surface area contributed by atoms with Crippen LogP contribution in [0.4, 0.5) is 5.69 Å². The van der Waals surface area contributed by atoms with Crippen molar-refractivity contribution >= 4 is 44.8 Å². The Kier molecular flexibility index (Phi) is 6.81. The molecule has 0 radical (unpaired) electrons. The van der Waals surface area contributed by atoms with E-state index in [0.717, 1.165) is 10.4 Å². The van der Waals surface area contributed by atoms with Crippen molar-refractivity contribution in [2.24, 2.45) is 0 Å². The normalized spacial score (nSPS) is 15.1. The van der Waals surface area contributed by atoms with E-state index >= 15 is 0 Å². The highest BCUT2D eigenvalue weighted by atomic mass is 35.5. The zero-order valence-corrected chi connectivity index (χ0v) is 17.9. The highest BCUT2D eigenvalue weighted by Gasteiger charge is 2.34. The van der Waals surface area contributed by atoms with Crippen LogP contribution in [0.5, 0.6) is 5.75 Å².